The van der Waals surface area contributed by atoms with Gasteiger partial charge in [0.25, 0.3) is 5.24 Å². The number of ether oxygens (including phenoxy) is 2. The predicted octanol–water partition coefficient (Wildman–Crippen LogP) is 3.11. The molecule has 0 bridgehead atoms. The van der Waals surface area contributed by atoms with Gasteiger partial charge in [-0.1, -0.05) is 12.1 Å². The molecule has 0 aliphatic carbocycles. The molecule has 1 amide bonds. The molecule has 6 heteroatoms. The van der Waals surface area contributed by atoms with Crippen LogP contribution < -0.4 is 5.32 Å². The minimum atomic E-state index is -0.507. The van der Waals surface area contributed by atoms with Crippen LogP contribution in [0.15, 0.2) is 24.3 Å². The molecule has 0 heterocycles. The third kappa shape index (κ3) is 7.68. The average Bonchev–Trinajstić information content (AvgIpc) is 2.36. The number of carbonyl (C=O) groups is 2. The van der Waals surface area contributed by atoms with Gasteiger partial charge < -0.3 is 14.8 Å². The summed E-state index contributed by atoms with van der Waals surface area (Å²) in [5.74, 6) is 0. The second-order valence-electron chi connectivity index (χ2n) is 5.45. The maximum atomic E-state index is 11.4. The molecule has 5 nitrogen and oxygen atoms in total. The smallest absolute Gasteiger partial charge is 0.407 e. The topological polar surface area (TPSA) is 64.6 Å². The molecule has 0 radical (unpaired) electrons. The fourth-order valence-corrected chi connectivity index (χ4v) is 1.59. The van der Waals surface area contributed by atoms with Crippen molar-refractivity contribution in [1.82, 2.24) is 5.32 Å². The molecule has 0 aliphatic heterocycles. The highest BCUT2D eigenvalue weighted by molar-refractivity contribution is 6.67. The SMILES string of the molecule is CC(C)(C)OC(=O)NCCOCc1ccc(C(=O)Cl)cc1. The standard InChI is InChI=1S/C15H20ClNO4/c1-15(2,3)21-14(19)17-8-9-20-10-11-4-6-12(7-5-11)13(16)18/h4-7H,8-10H2,1-3H3,(H,17,19). The summed E-state index contributed by atoms with van der Waals surface area (Å²) in [5.41, 5.74) is 0.868. The third-order valence-electron chi connectivity index (χ3n) is 2.36. The zero-order valence-electron chi connectivity index (χ0n) is 12.4. The molecule has 0 saturated carbocycles. The van der Waals surface area contributed by atoms with Crippen molar-refractivity contribution in [2.45, 2.75) is 33.0 Å². The lowest BCUT2D eigenvalue weighted by Crippen LogP contribution is -2.34. The Morgan fingerprint density at radius 2 is 1.81 bits per heavy atom. The zero-order valence-corrected chi connectivity index (χ0v) is 13.2. The summed E-state index contributed by atoms with van der Waals surface area (Å²) in [7, 11) is 0. The normalized spacial score (nSPS) is 11.0. The molecule has 0 aliphatic rings. The Hall–Kier alpha value is -1.59. The van der Waals surface area contributed by atoms with E-state index in [1.54, 1.807) is 45.0 Å². The largest absolute Gasteiger partial charge is 0.444 e. The van der Waals surface area contributed by atoms with Gasteiger partial charge in [0, 0.05) is 12.1 Å². The summed E-state index contributed by atoms with van der Waals surface area (Å²) >= 11 is 5.35. The second kappa shape index (κ2) is 8.00. The number of alkyl carbamates (subject to hydrolysis) is 1. The molecule has 0 saturated heterocycles. The van der Waals surface area contributed by atoms with Crippen molar-refractivity contribution in [3.63, 3.8) is 0 Å². The van der Waals surface area contributed by atoms with Gasteiger partial charge in [-0.2, -0.15) is 0 Å². The molecule has 21 heavy (non-hydrogen) atoms. The molecule has 0 aromatic heterocycles. The highest BCUT2D eigenvalue weighted by atomic mass is 35.5. The number of halogens is 1. The molecule has 0 spiro atoms. The maximum Gasteiger partial charge on any atom is 0.407 e. The Bertz CT molecular complexity index is 479. The Kier molecular flexibility index (Phi) is 6.65. The van der Waals surface area contributed by atoms with Crippen molar-refractivity contribution in [2.75, 3.05) is 13.2 Å². The van der Waals surface area contributed by atoms with Crippen molar-refractivity contribution >= 4 is 22.9 Å². The van der Waals surface area contributed by atoms with E-state index in [0.717, 1.165) is 5.56 Å². The third-order valence-corrected chi connectivity index (χ3v) is 2.58. The molecule has 0 atom stereocenters. The van der Waals surface area contributed by atoms with E-state index in [0.29, 0.717) is 25.3 Å². The first-order valence-corrected chi connectivity index (χ1v) is 6.99. The van der Waals surface area contributed by atoms with Crippen molar-refractivity contribution in [2.24, 2.45) is 0 Å². The van der Waals surface area contributed by atoms with Gasteiger partial charge in [0.1, 0.15) is 5.60 Å². The Morgan fingerprint density at radius 3 is 2.33 bits per heavy atom. The molecule has 1 aromatic rings. The summed E-state index contributed by atoms with van der Waals surface area (Å²) < 4.78 is 10.5. The summed E-state index contributed by atoms with van der Waals surface area (Å²) in [6, 6.07) is 6.84. The van der Waals surface area contributed by atoms with Crippen molar-refractivity contribution in [3.8, 4) is 0 Å². The number of benzene rings is 1. The van der Waals surface area contributed by atoms with Crippen LogP contribution in [0.3, 0.4) is 0 Å². The highest BCUT2D eigenvalue weighted by Gasteiger charge is 2.15. The zero-order chi connectivity index (χ0) is 15.9. The Balaban J connectivity index is 2.19. The van der Waals surface area contributed by atoms with Gasteiger partial charge in [0.2, 0.25) is 0 Å². The first kappa shape index (κ1) is 17.5. The summed E-state index contributed by atoms with van der Waals surface area (Å²) in [4.78, 5) is 22.3. The fraction of sp³-hybridized carbons (Fsp3) is 0.467. The average molecular weight is 314 g/mol. The molecule has 1 rings (SSSR count). The van der Waals surface area contributed by atoms with Crippen LogP contribution in [0.2, 0.25) is 0 Å². The van der Waals surface area contributed by atoms with E-state index in [1.165, 1.54) is 0 Å². The van der Waals surface area contributed by atoms with Crippen molar-refractivity contribution in [1.29, 1.82) is 0 Å². The quantitative estimate of drug-likeness (QED) is 0.647. The number of carbonyl (C=O) groups excluding carboxylic acids is 2. The van der Waals surface area contributed by atoms with E-state index in [9.17, 15) is 9.59 Å². The molecule has 1 N–H and O–H groups in total. The first-order chi connectivity index (χ1) is 9.78. The first-order valence-electron chi connectivity index (χ1n) is 6.61. The molecule has 116 valence electrons. The summed E-state index contributed by atoms with van der Waals surface area (Å²) in [6.45, 7) is 6.55. The van der Waals surface area contributed by atoms with E-state index in [-0.39, 0.29) is 0 Å². The lowest BCUT2D eigenvalue weighted by molar-refractivity contribution is 0.0494. The van der Waals surface area contributed by atoms with Gasteiger partial charge in [-0.3, -0.25) is 4.79 Å². The Morgan fingerprint density at radius 1 is 1.19 bits per heavy atom. The minimum absolute atomic E-state index is 0.368. The monoisotopic (exact) mass is 313 g/mol. The number of hydrogen-bond donors (Lipinski definition) is 1. The van der Waals surface area contributed by atoms with Crippen molar-refractivity contribution < 1.29 is 19.1 Å². The fourth-order valence-electron chi connectivity index (χ4n) is 1.46. The van der Waals surface area contributed by atoms with Gasteiger partial charge in [-0.25, -0.2) is 4.79 Å². The van der Waals surface area contributed by atoms with Crippen LogP contribution in [-0.2, 0) is 16.1 Å². The number of amides is 1. The van der Waals surface area contributed by atoms with Crippen LogP contribution in [-0.4, -0.2) is 30.1 Å². The number of nitrogens with one attached hydrogen (secondary N) is 1. The van der Waals surface area contributed by atoms with E-state index in [4.69, 9.17) is 21.1 Å². The van der Waals surface area contributed by atoms with Crippen molar-refractivity contribution in [3.05, 3.63) is 35.4 Å². The number of rotatable bonds is 6. The van der Waals surface area contributed by atoms with Crippen LogP contribution in [0.25, 0.3) is 0 Å². The highest BCUT2D eigenvalue weighted by Crippen LogP contribution is 2.08. The van der Waals surface area contributed by atoms with Gasteiger partial charge in [-0.05, 0) is 50.1 Å². The minimum Gasteiger partial charge on any atom is -0.444 e. The van der Waals surface area contributed by atoms with Gasteiger partial charge in [0.15, 0.2) is 0 Å². The molecule has 0 unspecified atom stereocenters. The molecule has 1 aromatic carbocycles. The van der Waals surface area contributed by atoms with Crippen LogP contribution in [0.1, 0.15) is 36.7 Å². The maximum absolute atomic E-state index is 11.4. The van der Waals surface area contributed by atoms with E-state index in [1.807, 2.05) is 0 Å². The number of hydrogen-bond acceptors (Lipinski definition) is 4. The van der Waals surface area contributed by atoms with Gasteiger partial charge >= 0.3 is 6.09 Å². The molecular weight excluding hydrogens is 294 g/mol. The predicted molar refractivity (Wildman–Crippen MR) is 80.5 cm³/mol. The lowest BCUT2D eigenvalue weighted by atomic mass is 10.1. The summed E-state index contributed by atoms with van der Waals surface area (Å²) in [6.07, 6.45) is -0.462. The van der Waals surface area contributed by atoms with E-state index >= 15 is 0 Å². The lowest BCUT2D eigenvalue weighted by Gasteiger charge is -2.19. The van der Waals surface area contributed by atoms with Gasteiger partial charge in [-0.15, -0.1) is 0 Å². The molecular formula is C15H20ClNO4. The van der Waals surface area contributed by atoms with E-state index in [2.05, 4.69) is 5.32 Å². The van der Waals surface area contributed by atoms with Crippen LogP contribution in [0.4, 0.5) is 4.79 Å². The molecule has 0 fully saturated rings. The summed E-state index contributed by atoms with van der Waals surface area (Å²) in [5, 5.41) is 2.12. The van der Waals surface area contributed by atoms with Gasteiger partial charge in [0.05, 0.1) is 13.2 Å². The van der Waals surface area contributed by atoms with Crippen LogP contribution >= 0.6 is 11.6 Å². The van der Waals surface area contributed by atoms with Crippen LogP contribution in [0.5, 0.6) is 0 Å². The van der Waals surface area contributed by atoms with E-state index < -0.39 is 16.9 Å². The Labute approximate surface area is 129 Å². The van der Waals surface area contributed by atoms with Crippen LogP contribution in [0, 0.1) is 0 Å². The second-order valence-corrected chi connectivity index (χ2v) is 5.80.